The van der Waals surface area contributed by atoms with E-state index in [1.807, 2.05) is 60.7 Å². The minimum atomic E-state index is -0.832. The summed E-state index contributed by atoms with van der Waals surface area (Å²) in [5, 5.41) is 13.9. The number of carbonyl (C=O) groups excluding carboxylic acids is 1. The molecule has 1 atom stereocenters. The number of thioether (sulfide) groups is 1. The van der Waals surface area contributed by atoms with E-state index in [9.17, 15) is 19.7 Å². The molecule has 1 unspecified atom stereocenters. The number of non-ortho nitro benzene ring substituents is 1. The van der Waals surface area contributed by atoms with Crippen molar-refractivity contribution in [1.82, 2.24) is 9.55 Å². The van der Waals surface area contributed by atoms with Crippen molar-refractivity contribution >= 4 is 51.5 Å². The van der Waals surface area contributed by atoms with Gasteiger partial charge in [-0.25, -0.2) is 4.98 Å². The molecule has 5 aromatic rings. The molecule has 8 nitrogen and oxygen atoms in total. The van der Waals surface area contributed by atoms with E-state index < -0.39 is 16.1 Å². The second-order valence-electron chi connectivity index (χ2n) is 8.89. The number of fused-ring (bicyclic) bond motifs is 1. The molecule has 0 radical (unpaired) electrons. The predicted octanol–water partition coefficient (Wildman–Crippen LogP) is 6.98. The smallest absolute Gasteiger partial charge is 0.271 e. The molecule has 0 saturated carbocycles. The number of anilines is 1. The molecule has 0 bridgehead atoms. The van der Waals surface area contributed by atoms with Gasteiger partial charge in [0.15, 0.2) is 5.16 Å². The summed E-state index contributed by atoms with van der Waals surface area (Å²) < 4.78 is 1.52. The fraction of sp³-hybridized carbons (Fsp3) is 0.100. The van der Waals surface area contributed by atoms with E-state index in [4.69, 9.17) is 16.6 Å². The van der Waals surface area contributed by atoms with Crippen LogP contribution < -0.4 is 10.9 Å². The summed E-state index contributed by atoms with van der Waals surface area (Å²) >= 11 is 7.39. The van der Waals surface area contributed by atoms with Gasteiger partial charge in [-0.1, -0.05) is 84.9 Å². The zero-order chi connectivity index (χ0) is 28.2. The first-order valence-electron chi connectivity index (χ1n) is 12.4. The van der Waals surface area contributed by atoms with Gasteiger partial charge in [-0.3, -0.25) is 24.3 Å². The number of nitro groups is 1. The number of nitrogens with one attached hydrogen (secondary N) is 1. The number of rotatable bonds is 8. The molecule has 10 heteroatoms. The summed E-state index contributed by atoms with van der Waals surface area (Å²) in [6.07, 6.45) is 0.855. The summed E-state index contributed by atoms with van der Waals surface area (Å²) in [6.45, 7) is 2.06. The molecule has 1 heterocycles. The summed E-state index contributed by atoms with van der Waals surface area (Å²) in [6, 6.07) is 27.7. The monoisotopic (exact) mass is 570 g/mol. The maximum absolute atomic E-state index is 13.8. The van der Waals surface area contributed by atoms with Crippen molar-refractivity contribution < 1.29 is 9.72 Å². The number of carbonyl (C=O) groups is 1. The number of amides is 1. The van der Waals surface area contributed by atoms with E-state index in [1.54, 1.807) is 18.2 Å². The Morgan fingerprint density at radius 1 is 1.02 bits per heavy atom. The lowest BCUT2D eigenvalue weighted by atomic mass is 10.1. The molecule has 1 N–H and O–H groups in total. The number of hydrogen-bond donors (Lipinski definition) is 1. The number of aryl methyl sites for hydroxylation is 1. The summed E-state index contributed by atoms with van der Waals surface area (Å²) in [5.74, 6) is -0.428. The lowest BCUT2D eigenvalue weighted by Crippen LogP contribution is -2.24. The van der Waals surface area contributed by atoms with Gasteiger partial charge in [0.2, 0.25) is 5.91 Å². The Labute approximate surface area is 238 Å². The highest BCUT2D eigenvalue weighted by atomic mass is 35.5. The Morgan fingerprint density at radius 3 is 2.40 bits per heavy atom. The Morgan fingerprint density at radius 2 is 1.73 bits per heavy atom. The molecular weight excluding hydrogens is 548 g/mol. The topological polar surface area (TPSA) is 107 Å². The van der Waals surface area contributed by atoms with Crippen molar-refractivity contribution in [2.24, 2.45) is 0 Å². The van der Waals surface area contributed by atoms with Crippen molar-refractivity contribution in [2.75, 3.05) is 5.32 Å². The maximum Gasteiger partial charge on any atom is 0.271 e. The van der Waals surface area contributed by atoms with Gasteiger partial charge in [0.05, 0.1) is 32.2 Å². The summed E-state index contributed by atoms with van der Waals surface area (Å²) in [5.41, 5.74) is 2.76. The molecule has 0 aliphatic carbocycles. The summed E-state index contributed by atoms with van der Waals surface area (Å²) in [4.78, 5) is 42.8. The third-order valence-corrected chi connectivity index (χ3v) is 7.85. The van der Waals surface area contributed by atoms with E-state index in [0.29, 0.717) is 27.3 Å². The Bertz CT molecular complexity index is 1780. The quantitative estimate of drug-likeness (QED) is 0.0933. The van der Waals surface area contributed by atoms with E-state index in [0.717, 1.165) is 23.7 Å². The van der Waals surface area contributed by atoms with Crippen LogP contribution in [0.2, 0.25) is 5.02 Å². The fourth-order valence-corrected chi connectivity index (χ4v) is 5.56. The van der Waals surface area contributed by atoms with Gasteiger partial charge < -0.3 is 5.32 Å². The first-order valence-corrected chi connectivity index (χ1v) is 13.7. The zero-order valence-electron chi connectivity index (χ0n) is 21.3. The number of benzene rings is 4. The van der Waals surface area contributed by atoms with Crippen LogP contribution in [0.1, 0.15) is 23.3 Å². The third kappa shape index (κ3) is 5.61. The molecule has 0 saturated heterocycles. The van der Waals surface area contributed by atoms with Crippen LogP contribution in [0.5, 0.6) is 0 Å². The molecule has 200 valence electrons. The van der Waals surface area contributed by atoms with Crippen molar-refractivity contribution in [2.45, 2.75) is 23.8 Å². The molecule has 0 fully saturated rings. The molecule has 0 spiro atoms. The highest BCUT2D eigenvalue weighted by Crippen LogP contribution is 2.37. The SMILES string of the molecule is CCc1ccc(-n2c(SC(C(=O)Nc3ccc([N+](=O)[O-])cc3Cl)c3ccccc3)nc3ccccc3c2=O)cc1. The predicted molar refractivity (Wildman–Crippen MR) is 158 cm³/mol. The lowest BCUT2D eigenvalue weighted by molar-refractivity contribution is -0.384. The van der Waals surface area contributed by atoms with Gasteiger partial charge in [0.25, 0.3) is 11.2 Å². The van der Waals surface area contributed by atoms with Gasteiger partial charge in [-0.05, 0) is 47.9 Å². The van der Waals surface area contributed by atoms with Gasteiger partial charge in [0.1, 0.15) is 5.25 Å². The van der Waals surface area contributed by atoms with E-state index >= 15 is 0 Å². The third-order valence-electron chi connectivity index (χ3n) is 6.33. The van der Waals surface area contributed by atoms with Crippen LogP contribution in [-0.2, 0) is 11.2 Å². The van der Waals surface area contributed by atoms with E-state index in [-0.39, 0.29) is 22.0 Å². The second kappa shape index (κ2) is 11.7. The van der Waals surface area contributed by atoms with Gasteiger partial charge in [0, 0.05) is 12.1 Å². The highest BCUT2D eigenvalue weighted by Gasteiger charge is 2.26. The average Bonchev–Trinajstić information content (AvgIpc) is 2.97. The minimum absolute atomic E-state index is 0.0381. The van der Waals surface area contributed by atoms with Gasteiger partial charge in [-0.15, -0.1) is 0 Å². The minimum Gasteiger partial charge on any atom is -0.323 e. The van der Waals surface area contributed by atoms with Crippen molar-refractivity contribution in [1.29, 1.82) is 0 Å². The molecule has 0 aliphatic rings. The second-order valence-corrected chi connectivity index (χ2v) is 10.4. The highest BCUT2D eigenvalue weighted by molar-refractivity contribution is 8.00. The zero-order valence-corrected chi connectivity index (χ0v) is 22.9. The van der Waals surface area contributed by atoms with E-state index in [1.165, 1.54) is 22.8 Å². The largest absolute Gasteiger partial charge is 0.323 e. The molecule has 40 heavy (non-hydrogen) atoms. The van der Waals surface area contributed by atoms with Crippen LogP contribution in [0.15, 0.2) is 107 Å². The van der Waals surface area contributed by atoms with Crippen LogP contribution in [0.3, 0.4) is 0 Å². The van der Waals surface area contributed by atoms with Crippen molar-refractivity contribution in [3.63, 3.8) is 0 Å². The molecule has 1 amide bonds. The van der Waals surface area contributed by atoms with Crippen LogP contribution in [-0.4, -0.2) is 20.4 Å². The number of para-hydroxylation sites is 1. The molecule has 4 aromatic carbocycles. The number of nitrogens with zero attached hydrogens (tertiary/aromatic N) is 3. The molecule has 1 aromatic heterocycles. The molecule has 5 rings (SSSR count). The standard InChI is InChI=1S/C30H23ClN4O4S/c1-2-19-12-14-21(15-13-19)34-29(37)23-10-6-7-11-25(23)33-30(34)40-27(20-8-4-3-5-9-20)28(36)32-26-17-16-22(35(38)39)18-24(26)31/h3-18,27H,2H2,1H3,(H,32,36). The van der Waals surface area contributed by atoms with Crippen LogP contribution >= 0.6 is 23.4 Å². The summed E-state index contributed by atoms with van der Waals surface area (Å²) in [7, 11) is 0. The number of halogens is 1. The van der Waals surface area contributed by atoms with Crippen molar-refractivity contribution in [3.8, 4) is 5.69 Å². The Hall–Kier alpha value is -4.47. The van der Waals surface area contributed by atoms with Gasteiger partial charge >= 0.3 is 0 Å². The van der Waals surface area contributed by atoms with Crippen LogP contribution in [0.4, 0.5) is 11.4 Å². The Kier molecular flexibility index (Phi) is 7.95. The normalized spacial score (nSPS) is 11.8. The Balaban J connectivity index is 1.60. The first-order chi connectivity index (χ1) is 19.4. The maximum atomic E-state index is 13.8. The van der Waals surface area contributed by atoms with Crippen LogP contribution in [0, 0.1) is 10.1 Å². The molecule has 0 aliphatic heterocycles. The average molecular weight is 571 g/mol. The number of hydrogen-bond acceptors (Lipinski definition) is 6. The van der Waals surface area contributed by atoms with E-state index in [2.05, 4.69) is 12.2 Å². The fourth-order valence-electron chi connectivity index (χ4n) is 4.22. The van der Waals surface area contributed by atoms with Crippen molar-refractivity contribution in [3.05, 3.63) is 134 Å². The first kappa shape index (κ1) is 27.1. The van der Waals surface area contributed by atoms with Gasteiger partial charge in [-0.2, -0.15) is 0 Å². The number of nitro benzene ring substituents is 1. The number of aromatic nitrogens is 2. The van der Waals surface area contributed by atoms with Crippen LogP contribution in [0.25, 0.3) is 16.6 Å². The lowest BCUT2D eigenvalue weighted by Gasteiger charge is -2.20. The molecular formula is C30H23ClN4O4S.